The largest absolute Gasteiger partial charge is 0.311 e. The van der Waals surface area contributed by atoms with E-state index in [1.165, 1.54) is 0 Å². The maximum absolute atomic E-state index is 5.77. The van der Waals surface area contributed by atoms with E-state index in [0.29, 0.717) is 0 Å². The first-order chi connectivity index (χ1) is 4.39. The van der Waals surface area contributed by atoms with Crippen LogP contribution in [0, 0.1) is 0 Å². The van der Waals surface area contributed by atoms with Gasteiger partial charge in [0.15, 0.2) is 0 Å². The van der Waals surface area contributed by atoms with Crippen LogP contribution in [0.4, 0.5) is 0 Å². The monoisotopic (exact) mass is 142 g/mol. The van der Waals surface area contributed by atoms with Crippen molar-refractivity contribution < 1.29 is 0 Å². The molecule has 0 saturated heterocycles. The van der Waals surface area contributed by atoms with Gasteiger partial charge in [-0.1, -0.05) is 6.08 Å². The fourth-order valence-electron chi connectivity index (χ4n) is 0.668. The second kappa shape index (κ2) is 3.06. The lowest BCUT2D eigenvalue weighted by molar-refractivity contribution is 0.189. The predicted octanol–water partition coefficient (Wildman–Crippen LogP) is 1.88. The molecule has 0 rings (SSSR count). The Kier molecular flexibility index (Phi) is 2.91. The highest BCUT2D eigenvalue weighted by molar-refractivity contribution is 4.97. The summed E-state index contributed by atoms with van der Waals surface area (Å²) in [6.07, 6.45) is 2.01. The van der Waals surface area contributed by atoms with Crippen LogP contribution >= 0.6 is 0 Å². The SMILES string of the molecule is C/C=C(\C)N(N)C(C)(C)C. The van der Waals surface area contributed by atoms with Crippen molar-refractivity contribution >= 4 is 0 Å². The summed E-state index contributed by atoms with van der Waals surface area (Å²) in [5.41, 5.74) is 1.13. The van der Waals surface area contributed by atoms with E-state index in [1.54, 1.807) is 5.01 Å². The number of nitrogens with two attached hydrogens (primary N) is 1. The summed E-state index contributed by atoms with van der Waals surface area (Å²) in [6.45, 7) is 10.2. The molecule has 0 aliphatic rings. The first-order valence-electron chi connectivity index (χ1n) is 3.57. The van der Waals surface area contributed by atoms with Crippen molar-refractivity contribution in [2.24, 2.45) is 5.84 Å². The van der Waals surface area contributed by atoms with E-state index in [9.17, 15) is 0 Å². The van der Waals surface area contributed by atoms with Gasteiger partial charge in [-0.25, -0.2) is 5.84 Å². The summed E-state index contributed by atoms with van der Waals surface area (Å²) in [5.74, 6) is 5.77. The molecule has 2 heteroatoms. The van der Waals surface area contributed by atoms with Crippen molar-refractivity contribution in [3.8, 4) is 0 Å². The molecule has 0 atom stereocenters. The van der Waals surface area contributed by atoms with Crippen molar-refractivity contribution in [2.45, 2.75) is 40.2 Å². The van der Waals surface area contributed by atoms with Crippen LogP contribution in [0.2, 0.25) is 0 Å². The van der Waals surface area contributed by atoms with Crippen LogP contribution in [0.3, 0.4) is 0 Å². The summed E-state index contributed by atoms with van der Waals surface area (Å²) >= 11 is 0. The number of hydrazine groups is 1. The molecule has 0 saturated carbocycles. The Balaban J connectivity index is 4.23. The Morgan fingerprint density at radius 2 is 1.80 bits per heavy atom. The molecule has 0 fully saturated rings. The fraction of sp³-hybridized carbons (Fsp3) is 0.750. The van der Waals surface area contributed by atoms with Gasteiger partial charge in [0.1, 0.15) is 0 Å². The summed E-state index contributed by atoms with van der Waals surface area (Å²) in [5, 5.41) is 1.77. The van der Waals surface area contributed by atoms with Crippen molar-refractivity contribution in [1.29, 1.82) is 0 Å². The molecule has 60 valence electrons. The Bertz CT molecular complexity index is 131. The number of rotatable bonds is 1. The van der Waals surface area contributed by atoms with E-state index in [0.717, 1.165) is 5.70 Å². The molecule has 2 nitrogen and oxygen atoms in total. The van der Waals surface area contributed by atoms with Crippen LogP contribution in [0.5, 0.6) is 0 Å². The van der Waals surface area contributed by atoms with Gasteiger partial charge in [-0.3, -0.25) is 0 Å². The third-order valence-corrected chi connectivity index (χ3v) is 1.52. The molecule has 10 heavy (non-hydrogen) atoms. The topological polar surface area (TPSA) is 29.3 Å². The summed E-state index contributed by atoms with van der Waals surface area (Å²) in [7, 11) is 0. The van der Waals surface area contributed by atoms with Crippen LogP contribution in [0.25, 0.3) is 0 Å². The van der Waals surface area contributed by atoms with E-state index >= 15 is 0 Å². The Morgan fingerprint density at radius 1 is 1.40 bits per heavy atom. The Hall–Kier alpha value is -0.500. The summed E-state index contributed by atoms with van der Waals surface area (Å²) in [4.78, 5) is 0. The van der Waals surface area contributed by atoms with Crippen molar-refractivity contribution in [1.82, 2.24) is 5.01 Å². The zero-order chi connectivity index (χ0) is 8.36. The van der Waals surface area contributed by atoms with Crippen LogP contribution in [0.15, 0.2) is 11.8 Å². The van der Waals surface area contributed by atoms with Gasteiger partial charge in [0, 0.05) is 11.2 Å². The highest BCUT2D eigenvalue weighted by Crippen LogP contribution is 2.13. The van der Waals surface area contributed by atoms with Crippen molar-refractivity contribution in [2.75, 3.05) is 0 Å². The molecule has 0 heterocycles. The van der Waals surface area contributed by atoms with Gasteiger partial charge in [0.25, 0.3) is 0 Å². The van der Waals surface area contributed by atoms with E-state index in [2.05, 4.69) is 20.8 Å². The van der Waals surface area contributed by atoms with Crippen molar-refractivity contribution in [3.05, 3.63) is 11.8 Å². The lowest BCUT2D eigenvalue weighted by atomic mass is 10.1. The Labute approximate surface area is 63.7 Å². The van der Waals surface area contributed by atoms with Gasteiger partial charge in [-0.05, 0) is 34.6 Å². The molecule has 0 aliphatic heterocycles. The minimum atomic E-state index is 0.0244. The average molecular weight is 142 g/mol. The molecule has 0 amide bonds. The molecular weight excluding hydrogens is 124 g/mol. The quantitative estimate of drug-likeness (QED) is 0.447. The Morgan fingerprint density at radius 3 is 1.90 bits per heavy atom. The number of nitrogens with zero attached hydrogens (tertiary/aromatic N) is 1. The molecule has 0 spiro atoms. The number of allylic oxidation sites excluding steroid dienone is 2. The number of hydrogen-bond donors (Lipinski definition) is 1. The second-order valence-electron chi connectivity index (χ2n) is 3.47. The smallest absolute Gasteiger partial charge is 0.0473 e. The maximum Gasteiger partial charge on any atom is 0.0473 e. The standard InChI is InChI=1S/C8H18N2/c1-6-7(2)10(9)8(3,4)5/h6H,9H2,1-5H3/b7-6+. The van der Waals surface area contributed by atoms with Gasteiger partial charge in [0.05, 0.1) is 0 Å². The molecule has 0 radical (unpaired) electrons. The normalized spacial score (nSPS) is 13.6. The van der Waals surface area contributed by atoms with Crippen LogP contribution in [0.1, 0.15) is 34.6 Å². The summed E-state index contributed by atoms with van der Waals surface area (Å²) in [6, 6.07) is 0. The third-order valence-electron chi connectivity index (χ3n) is 1.52. The first kappa shape index (κ1) is 9.50. The lowest BCUT2D eigenvalue weighted by Gasteiger charge is -2.33. The highest BCUT2D eigenvalue weighted by atomic mass is 15.4. The average Bonchev–Trinajstić information content (AvgIpc) is 1.83. The minimum absolute atomic E-state index is 0.0244. The molecule has 2 N–H and O–H groups in total. The molecule has 0 aromatic carbocycles. The van der Waals surface area contributed by atoms with Gasteiger partial charge in [-0.15, -0.1) is 0 Å². The van der Waals surface area contributed by atoms with Gasteiger partial charge < -0.3 is 5.01 Å². The predicted molar refractivity (Wildman–Crippen MR) is 45.2 cm³/mol. The molecule has 0 bridgehead atoms. The second-order valence-corrected chi connectivity index (χ2v) is 3.47. The van der Waals surface area contributed by atoms with Gasteiger partial charge in [0.2, 0.25) is 0 Å². The summed E-state index contributed by atoms with van der Waals surface area (Å²) < 4.78 is 0. The number of hydrogen-bond acceptors (Lipinski definition) is 2. The highest BCUT2D eigenvalue weighted by Gasteiger charge is 2.16. The minimum Gasteiger partial charge on any atom is -0.311 e. The zero-order valence-corrected chi connectivity index (χ0v) is 7.60. The van der Waals surface area contributed by atoms with Gasteiger partial charge in [-0.2, -0.15) is 0 Å². The third kappa shape index (κ3) is 2.40. The lowest BCUT2D eigenvalue weighted by Crippen LogP contribution is -2.44. The van der Waals surface area contributed by atoms with Gasteiger partial charge >= 0.3 is 0 Å². The zero-order valence-electron chi connectivity index (χ0n) is 7.60. The molecular formula is C8H18N2. The molecule has 0 unspecified atom stereocenters. The van der Waals surface area contributed by atoms with Crippen LogP contribution < -0.4 is 5.84 Å². The fourth-order valence-corrected chi connectivity index (χ4v) is 0.668. The van der Waals surface area contributed by atoms with Crippen molar-refractivity contribution in [3.63, 3.8) is 0 Å². The molecule has 0 aromatic rings. The maximum atomic E-state index is 5.77. The van der Waals surface area contributed by atoms with E-state index in [1.807, 2.05) is 19.9 Å². The van der Waals surface area contributed by atoms with E-state index < -0.39 is 0 Å². The van der Waals surface area contributed by atoms with Crippen LogP contribution in [-0.4, -0.2) is 10.5 Å². The van der Waals surface area contributed by atoms with E-state index in [-0.39, 0.29) is 5.54 Å². The molecule has 0 aliphatic carbocycles. The first-order valence-corrected chi connectivity index (χ1v) is 3.57. The van der Waals surface area contributed by atoms with E-state index in [4.69, 9.17) is 5.84 Å². The van der Waals surface area contributed by atoms with Crippen LogP contribution in [-0.2, 0) is 0 Å². The molecule has 0 aromatic heterocycles.